The van der Waals surface area contributed by atoms with Gasteiger partial charge in [0.2, 0.25) is 0 Å². The quantitative estimate of drug-likeness (QED) is 0.296. The zero-order valence-electron chi connectivity index (χ0n) is 15.6. The minimum atomic E-state index is 1.02. The van der Waals surface area contributed by atoms with Gasteiger partial charge in [-0.25, -0.2) is 4.98 Å². The van der Waals surface area contributed by atoms with E-state index in [1.165, 1.54) is 38.4 Å². The lowest BCUT2D eigenvalue weighted by Gasteiger charge is -2.11. The average molecular weight is 358 g/mol. The maximum atomic E-state index is 4.98. The van der Waals surface area contributed by atoms with Gasteiger partial charge >= 0.3 is 0 Å². The van der Waals surface area contributed by atoms with E-state index < -0.39 is 0 Å². The van der Waals surface area contributed by atoms with Gasteiger partial charge in [0.05, 0.1) is 16.6 Å². The third kappa shape index (κ3) is 2.12. The van der Waals surface area contributed by atoms with Crippen LogP contribution in [-0.2, 0) is 0 Å². The molecule has 6 rings (SSSR count). The molecule has 0 aliphatic carbocycles. The van der Waals surface area contributed by atoms with E-state index in [-0.39, 0.29) is 0 Å². The summed E-state index contributed by atoms with van der Waals surface area (Å²) < 4.78 is 2.30. The van der Waals surface area contributed by atoms with Crippen LogP contribution in [0.25, 0.3) is 49.5 Å². The number of pyridine rings is 1. The van der Waals surface area contributed by atoms with Crippen molar-refractivity contribution in [2.75, 3.05) is 0 Å². The molecule has 0 aliphatic heterocycles. The largest absolute Gasteiger partial charge is 0.292 e. The predicted octanol–water partition coefficient (Wildman–Crippen LogP) is 6.77. The number of hydrogen-bond acceptors (Lipinski definition) is 1. The smallest absolute Gasteiger partial charge is 0.146 e. The molecule has 0 bridgehead atoms. The van der Waals surface area contributed by atoms with E-state index in [9.17, 15) is 0 Å². The number of rotatable bonds is 1. The number of para-hydroxylation sites is 2. The summed E-state index contributed by atoms with van der Waals surface area (Å²) in [6, 6.07) is 32.4. The van der Waals surface area contributed by atoms with Gasteiger partial charge < -0.3 is 0 Å². The van der Waals surface area contributed by atoms with E-state index in [1.807, 2.05) is 0 Å². The normalized spacial score (nSPS) is 11.8. The maximum absolute atomic E-state index is 4.98. The van der Waals surface area contributed by atoms with Gasteiger partial charge in [-0.15, -0.1) is 0 Å². The van der Waals surface area contributed by atoms with E-state index in [1.54, 1.807) is 0 Å². The van der Waals surface area contributed by atoms with Crippen molar-refractivity contribution >= 4 is 38.4 Å². The van der Waals surface area contributed by atoms with Gasteiger partial charge in [-0.2, -0.15) is 0 Å². The zero-order chi connectivity index (χ0) is 18.7. The molecular weight excluding hydrogens is 340 g/mol. The van der Waals surface area contributed by atoms with Crippen LogP contribution in [0.1, 0.15) is 5.56 Å². The summed E-state index contributed by atoms with van der Waals surface area (Å²) in [4.78, 5) is 4.98. The number of aryl methyl sites for hydroxylation is 1. The molecule has 28 heavy (non-hydrogen) atoms. The third-order valence-corrected chi connectivity index (χ3v) is 5.61. The molecule has 0 N–H and O–H groups in total. The first-order chi connectivity index (χ1) is 13.8. The number of imidazole rings is 1. The predicted molar refractivity (Wildman–Crippen MR) is 118 cm³/mol. The number of hydrogen-bond donors (Lipinski definition) is 0. The lowest BCUT2D eigenvalue weighted by atomic mass is 9.98. The Labute approximate surface area is 162 Å². The second-order valence-corrected chi connectivity index (χ2v) is 7.41. The van der Waals surface area contributed by atoms with E-state index in [0.29, 0.717) is 0 Å². The molecule has 0 unspecified atom stereocenters. The summed E-state index contributed by atoms with van der Waals surface area (Å²) >= 11 is 0. The molecule has 2 heterocycles. The minimum Gasteiger partial charge on any atom is -0.292 e. The molecular formula is C26H18N2. The molecule has 2 aromatic heterocycles. The van der Waals surface area contributed by atoms with Crippen LogP contribution in [0.4, 0.5) is 0 Å². The van der Waals surface area contributed by atoms with Crippen LogP contribution < -0.4 is 0 Å². The summed E-state index contributed by atoms with van der Waals surface area (Å²) in [5, 5.41) is 3.71. The van der Waals surface area contributed by atoms with E-state index in [0.717, 1.165) is 16.7 Å². The van der Waals surface area contributed by atoms with Crippen LogP contribution in [0.2, 0.25) is 0 Å². The first-order valence-corrected chi connectivity index (χ1v) is 9.58. The molecule has 0 saturated carbocycles. The molecule has 0 fully saturated rings. The molecule has 4 aromatic carbocycles. The summed E-state index contributed by atoms with van der Waals surface area (Å²) in [6.45, 7) is 2.16. The monoisotopic (exact) mass is 358 g/mol. The van der Waals surface area contributed by atoms with Gasteiger partial charge in [-0.05, 0) is 59.8 Å². The maximum Gasteiger partial charge on any atom is 0.146 e. The Kier molecular flexibility index (Phi) is 3.12. The average Bonchev–Trinajstić information content (AvgIpc) is 3.14. The Hall–Kier alpha value is -3.65. The highest BCUT2D eigenvalue weighted by atomic mass is 15.0. The summed E-state index contributed by atoms with van der Waals surface area (Å²) in [7, 11) is 0. The van der Waals surface area contributed by atoms with Crippen molar-refractivity contribution in [3.63, 3.8) is 0 Å². The molecule has 0 radical (unpaired) electrons. The fourth-order valence-electron chi connectivity index (χ4n) is 4.28. The highest BCUT2D eigenvalue weighted by Gasteiger charge is 2.14. The summed E-state index contributed by atoms with van der Waals surface area (Å²) in [5.74, 6) is 0. The first-order valence-electron chi connectivity index (χ1n) is 9.58. The Bertz CT molecular complexity index is 1510. The number of aromatic nitrogens is 2. The molecule has 0 aliphatic rings. The highest BCUT2D eigenvalue weighted by molar-refractivity contribution is 6.14. The standard InChI is InChI=1S/C26H18N2/c1-17-11-14-24-22(15-17)21-16-19(18-7-3-2-4-8-18)12-13-20(21)26-27-23-9-5-6-10-25(23)28(24)26/h2-16H,1H3. The van der Waals surface area contributed by atoms with Crippen LogP contribution in [0, 0.1) is 6.92 Å². The fourth-order valence-corrected chi connectivity index (χ4v) is 4.28. The summed E-state index contributed by atoms with van der Waals surface area (Å²) in [6.07, 6.45) is 0. The molecule has 2 nitrogen and oxygen atoms in total. The van der Waals surface area contributed by atoms with Crippen molar-refractivity contribution in [1.82, 2.24) is 9.38 Å². The van der Waals surface area contributed by atoms with Crippen molar-refractivity contribution in [3.8, 4) is 11.1 Å². The van der Waals surface area contributed by atoms with Crippen LogP contribution >= 0.6 is 0 Å². The van der Waals surface area contributed by atoms with E-state index >= 15 is 0 Å². The van der Waals surface area contributed by atoms with E-state index in [4.69, 9.17) is 4.98 Å². The van der Waals surface area contributed by atoms with Gasteiger partial charge in [-0.1, -0.05) is 60.2 Å². The van der Waals surface area contributed by atoms with Crippen molar-refractivity contribution in [2.24, 2.45) is 0 Å². The van der Waals surface area contributed by atoms with Crippen molar-refractivity contribution in [3.05, 3.63) is 96.6 Å². The van der Waals surface area contributed by atoms with Gasteiger partial charge in [0.1, 0.15) is 5.65 Å². The molecule has 0 atom stereocenters. The van der Waals surface area contributed by atoms with Crippen LogP contribution in [0.15, 0.2) is 91.0 Å². The molecule has 2 heteroatoms. The zero-order valence-corrected chi connectivity index (χ0v) is 15.6. The molecule has 0 spiro atoms. The Morgan fingerprint density at radius 1 is 0.607 bits per heavy atom. The Morgan fingerprint density at radius 2 is 1.43 bits per heavy atom. The SMILES string of the molecule is Cc1ccc2c(c1)c1cc(-c3ccccc3)ccc1c1nc3ccccc3n21. The third-order valence-electron chi connectivity index (χ3n) is 5.61. The second kappa shape index (κ2) is 5.67. The lowest BCUT2D eigenvalue weighted by molar-refractivity contribution is 1.31. The van der Waals surface area contributed by atoms with Crippen LogP contribution in [-0.4, -0.2) is 9.38 Å². The second-order valence-electron chi connectivity index (χ2n) is 7.41. The molecule has 0 saturated heterocycles. The molecule has 6 aromatic rings. The van der Waals surface area contributed by atoms with Crippen molar-refractivity contribution < 1.29 is 0 Å². The van der Waals surface area contributed by atoms with Gasteiger partial charge in [0, 0.05) is 10.8 Å². The first kappa shape index (κ1) is 15.4. The lowest BCUT2D eigenvalue weighted by Crippen LogP contribution is -1.92. The summed E-state index contributed by atoms with van der Waals surface area (Å²) in [5.41, 5.74) is 8.14. The number of benzene rings is 4. The van der Waals surface area contributed by atoms with Gasteiger partial charge in [0.15, 0.2) is 0 Å². The van der Waals surface area contributed by atoms with Crippen LogP contribution in [0.5, 0.6) is 0 Å². The van der Waals surface area contributed by atoms with Crippen molar-refractivity contribution in [2.45, 2.75) is 6.92 Å². The highest BCUT2D eigenvalue weighted by Crippen LogP contribution is 2.35. The molecule has 132 valence electrons. The van der Waals surface area contributed by atoms with Crippen LogP contribution in [0.3, 0.4) is 0 Å². The minimum absolute atomic E-state index is 1.02. The van der Waals surface area contributed by atoms with Gasteiger partial charge in [0.25, 0.3) is 0 Å². The van der Waals surface area contributed by atoms with E-state index in [2.05, 4.69) is 102 Å². The van der Waals surface area contributed by atoms with Gasteiger partial charge in [-0.3, -0.25) is 4.40 Å². The Balaban J connectivity index is 1.84. The Morgan fingerprint density at radius 3 is 2.32 bits per heavy atom. The number of nitrogens with zero attached hydrogens (tertiary/aromatic N) is 2. The fraction of sp³-hybridized carbons (Fsp3) is 0.0385. The molecule has 0 amide bonds. The van der Waals surface area contributed by atoms with Crippen molar-refractivity contribution in [1.29, 1.82) is 0 Å². The topological polar surface area (TPSA) is 17.3 Å². The number of fused-ring (bicyclic) bond motifs is 8.